The van der Waals surface area contributed by atoms with Crippen LogP contribution in [-0.4, -0.2) is 17.4 Å². The summed E-state index contributed by atoms with van der Waals surface area (Å²) < 4.78 is 0. The van der Waals surface area contributed by atoms with E-state index in [1.807, 2.05) is 0 Å². The summed E-state index contributed by atoms with van der Waals surface area (Å²) in [5.74, 6) is -1.62. The Bertz CT molecular complexity index is 374. The predicted octanol–water partition coefficient (Wildman–Crippen LogP) is 1.98. The maximum Gasteiger partial charge on any atom is 0.310 e. The van der Waals surface area contributed by atoms with E-state index in [1.165, 1.54) is 0 Å². The number of thiol groups is 1. The van der Waals surface area contributed by atoms with Crippen molar-refractivity contribution in [3.63, 3.8) is 0 Å². The molecule has 14 heavy (non-hydrogen) atoms. The average Bonchev–Trinajstić information content (AvgIpc) is 2.16. The second-order valence-corrected chi connectivity index (χ2v) is 3.51. The minimum atomic E-state index is -0.944. The van der Waals surface area contributed by atoms with Gasteiger partial charge in [-0.05, 0) is 24.6 Å². The van der Waals surface area contributed by atoms with Gasteiger partial charge in [-0.3, -0.25) is 9.59 Å². The first-order valence-corrected chi connectivity index (χ1v) is 4.52. The highest BCUT2D eigenvalue weighted by Gasteiger charge is 2.16. The van der Waals surface area contributed by atoms with Crippen LogP contribution in [0.15, 0.2) is 23.1 Å². The van der Waals surface area contributed by atoms with Gasteiger partial charge in [0.1, 0.15) is 6.29 Å². The fourth-order valence-corrected chi connectivity index (χ4v) is 1.41. The minimum Gasteiger partial charge on any atom is -0.481 e. The third-order valence-electron chi connectivity index (χ3n) is 2.03. The van der Waals surface area contributed by atoms with E-state index in [0.717, 1.165) is 0 Å². The number of carboxylic acid groups (broad SMARTS) is 1. The lowest BCUT2D eigenvalue weighted by Crippen LogP contribution is -2.09. The summed E-state index contributed by atoms with van der Waals surface area (Å²) in [5, 5.41) is 8.79. The zero-order chi connectivity index (χ0) is 10.7. The number of aliphatic carboxylic acids is 1. The zero-order valence-corrected chi connectivity index (χ0v) is 8.49. The quantitative estimate of drug-likeness (QED) is 0.592. The molecule has 1 rings (SSSR count). The van der Waals surface area contributed by atoms with Crippen molar-refractivity contribution in [2.45, 2.75) is 17.7 Å². The Hall–Kier alpha value is -1.29. The van der Waals surface area contributed by atoms with Gasteiger partial charge in [-0.2, -0.15) is 0 Å². The van der Waals surface area contributed by atoms with E-state index in [4.69, 9.17) is 5.11 Å². The first kappa shape index (κ1) is 10.8. The van der Waals surface area contributed by atoms with Crippen molar-refractivity contribution in [2.75, 3.05) is 0 Å². The lowest BCUT2D eigenvalue weighted by Gasteiger charge is -2.09. The summed E-state index contributed by atoms with van der Waals surface area (Å²) in [4.78, 5) is 22.0. The molecular weight excluding hydrogens is 200 g/mol. The summed E-state index contributed by atoms with van der Waals surface area (Å²) in [6.45, 7) is 1.54. The molecule has 1 N–H and O–H groups in total. The normalized spacial score (nSPS) is 12.1. The first-order chi connectivity index (χ1) is 6.56. The van der Waals surface area contributed by atoms with Crippen LogP contribution in [0.25, 0.3) is 0 Å². The number of aldehydes is 1. The van der Waals surface area contributed by atoms with Crippen molar-refractivity contribution in [2.24, 2.45) is 0 Å². The van der Waals surface area contributed by atoms with Crippen LogP contribution < -0.4 is 0 Å². The van der Waals surface area contributed by atoms with Crippen molar-refractivity contribution in [1.82, 2.24) is 0 Å². The molecule has 0 amide bonds. The van der Waals surface area contributed by atoms with Crippen LogP contribution in [0, 0.1) is 0 Å². The van der Waals surface area contributed by atoms with Crippen molar-refractivity contribution in [3.8, 4) is 0 Å². The summed E-state index contributed by atoms with van der Waals surface area (Å²) in [6, 6.07) is 4.85. The maximum absolute atomic E-state index is 10.7. The van der Waals surface area contributed by atoms with Crippen molar-refractivity contribution < 1.29 is 14.7 Å². The Kier molecular flexibility index (Phi) is 3.30. The van der Waals surface area contributed by atoms with Crippen LogP contribution in [-0.2, 0) is 4.79 Å². The van der Waals surface area contributed by atoms with E-state index < -0.39 is 11.9 Å². The Labute approximate surface area is 87.2 Å². The van der Waals surface area contributed by atoms with Crippen LogP contribution in [0.5, 0.6) is 0 Å². The van der Waals surface area contributed by atoms with Gasteiger partial charge in [0, 0.05) is 10.5 Å². The van der Waals surface area contributed by atoms with E-state index in [9.17, 15) is 9.59 Å². The molecule has 1 aromatic carbocycles. The molecular formula is C10H10O3S. The largest absolute Gasteiger partial charge is 0.481 e. The molecule has 0 saturated heterocycles. The van der Waals surface area contributed by atoms with Gasteiger partial charge in [-0.25, -0.2) is 0 Å². The molecule has 0 saturated carbocycles. The molecule has 0 aliphatic carbocycles. The fourth-order valence-electron chi connectivity index (χ4n) is 1.19. The molecule has 0 aromatic heterocycles. The van der Waals surface area contributed by atoms with E-state index in [0.29, 0.717) is 22.3 Å². The van der Waals surface area contributed by atoms with E-state index in [2.05, 4.69) is 12.6 Å². The number of carboxylic acids is 1. The Morgan fingerprint density at radius 1 is 1.57 bits per heavy atom. The highest BCUT2D eigenvalue weighted by atomic mass is 32.1. The molecule has 0 heterocycles. The Morgan fingerprint density at radius 3 is 2.71 bits per heavy atom. The molecule has 1 unspecified atom stereocenters. The highest BCUT2D eigenvalue weighted by molar-refractivity contribution is 7.80. The molecule has 74 valence electrons. The van der Waals surface area contributed by atoms with E-state index in [1.54, 1.807) is 25.1 Å². The summed E-state index contributed by atoms with van der Waals surface area (Å²) in [5.41, 5.74) is 0.901. The van der Waals surface area contributed by atoms with Gasteiger partial charge in [-0.1, -0.05) is 6.07 Å². The average molecular weight is 210 g/mol. The number of benzene rings is 1. The number of carbonyl (C=O) groups is 2. The monoisotopic (exact) mass is 210 g/mol. The van der Waals surface area contributed by atoms with Crippen LogP contribution in [0.4, 0.5) is 0 Å². The topological polar surface area (TPSA) is 54.4 Å². The standard InChI is InChI=1S/C10H10O3S/c1-6(10(12)13)9-3-2-8(14)4-7(9)5-11/h2-6,14H,1H3,(H,12,13). The molecule has 0 spiro atoms. The van der Waals surface area contributed by atoms with Crippen LogP contribution in [0.3, 0.4) is 0 Å². The van der Waals surface area contributed by atoms with Gasteiger partial charge in [0.15, 0.2) is 0 Å². The van der Waals surface area contributed by atoms with Crippen LogP contribution >= 0.6 is 12.6 Å². The van der Waals surface area contributed by atoms with E-state index >= 15 is 0 Å². The molecule has 1 atom stereocenters. The van der Waals surface area contributed by atoms with Gasteiger partial charge >= 0.3 is 5.97 Å². The number of hydrogen-bond donors (Lipinski definition) is 2. The molecule has 3 nitrogen and oxygen atoms in total. The predicted molar refractivity (Wildman–Crippen MR) is 55.1 cm³/mol. The Balaban J connectivity index is 3.20. The zero-order valence-electron chi connectivity index (χ0n) is 7.60. The minimum absolute atomic E-state index is 0.382. The van der Waals surface area contributed by atoms with Crippen molar-refractivity contribution in [3.05, 3.63) is 29.3 Å². The lowest BCUT2D eigenvalue weighted by atomic mass is 9.96. The van der Waals surface area contributed by atoms with Gasteiger partial charge in [0.2, 0.25) is 0 Å². The van der Waals surface area contributed by atoms with Crippen molar-refractivity contribution >= 4 is 24.9 Å². The summed E-state index contributed by atoms with van der Waals surface area (Å²) in [6.07, 6.45) is 0.647. The molecule has 0 fully saturated rings. The second kappa shape index (κ2) is 4.28. The second-order valence-electron chi connectivity index (χ2n) is 2.99. The molecule has 0 bridgehead atoms. The highest BCUT2D eigenvalue weighted by Crippen LogP contribution is 2.21. The van der Waals surface area contributed by atoms with Crippen LogP contribution in [0.2, 0.25) is 0 Å². The molecule has 0 radical (unpaired) electrons. The van der Waals surface area contributed by atoms with Gasteiger partial charge in [-0.15, -0.1) is 12.6 Å². The maximum atomic E-state index is 10.7. The number of rotatable bonds is 3. The van der Waals surface area contributed by atoms with Crippen molar-refractivity contribution in [1.29, 1.82) is 0 Å². The molecule has 1 aromatic rings. The van der Waals surface area contributed by atoms with Gasteiger partial charge in [0.05, 0.1) is 5.92 Å². The summed E-state index contributed by atoms with van der Waals surface area (Å²) in [7, 11) is 0. The Morgan fingerprint density at radius 2 is 2.21 bits per heavy atom. The smallest absolute Gasteiger partial charge is 0.310 e. The van der Waals surface area contributed by atoms with Crippen LogP contribution in [0.1, 0.15) is 28.8 Å². The molecule has 4 heteroatoms. The third-order valence-corrected chi connectivity index (χ3v) is 2.31. The molecule has 0 aliphatic rings. The van der Waals surface area contributed by atoms with Gasteiger partial charge < -0.3 is 5.11 Å². The number of hydrogen-bond acceptors (Lipinski definition) is 3. The third kappa shape index (κ3) is 2.14. The molecule has 0 aliphatic heterocycles. The first-order valence-electron chi connectivity index (χ1n) is 4.07. The van der Waals surface area contributed by atoms with E-state index in [-0.39, 0.29) is 0 Å². The van der Waals surface area contributed by atoms with Gasteiger partial charge in [0.25, 0.3) is 0 Å². The lowest BCUT2D eigenvalue weighted by molar-refractivity contribution is -0.138. The SMILES string of the molecule is CC(C(=O)O)c1ccc(S)cc1C=O. The summed E-state index contributed by atoms with van der Waals surface area (Å²) >= 11 is 4.07. The fraction of sp³-hybridized carbons (Fsp3) is 0.200. The number of carbonyl (C=O) groups excluding carboxylic acids is 1.